The maximum atomic E-state index is 13.7. The highest BCUT2D eigenvalue weighted by Crippen LogP contribution is 2.23. The summed E-state index contributed by atoms with van der Waals surface area (Å²) in [5, 5.41) is 10.5. The average molecular weight is 609 g/mol. The number of nitrogens with zero attached hydrogens (tertiary/aromatic N) is 3. The number of carbonyl (C=O) groups is 4. The molecule has 0 bridgehead atoms. The van der Waals surface area contributed by atoms with Gasteiger partial charge in [-0.25, -0.2) is 0 Å². The molecule has 10 nitrogen and oxygen atoms in total. The largest absolute Gasteiger partial charge is 0.508 e. The molecule has 1 aliphatic rings. The van der Waals surface area contributed by atoms with Gasteiger partial charge < -0.3 is 29.3 Å². The Kier molecular flexibility index (Phi) is 12.2. The first-order valence-corrected chi connectivity index (χ1v) is 14.1. The van der Waals surface area contributed by atoms with Crippen molar-refractivity contribution in [3.8, 4) is 5.75 Å². The Hall–Kier alpha value is -3.34. The molecule has 1 saturated heterocycles. The molecule has 1 N–H and O–H groups in total. The van der Waals surface area contributed by atoms with Crippen molar-refractivity contribution < 1.29 is 33.8 Å². The van der Waals surface area contributed by atoms with E-state index in [-0.39, 0.29) is 69.9 Å². The minimum Gasteiger partial charge on any atom is -0.508 e. The number of phenols is 1. The summed E-state index contributed by atoms with van der Waals surface area (Å²) in [6.07, 6.45) is 0.501. The third kappa shape index (κ3) is 9.34. The topological polar surface area (TPSA) is 117 Å². The Labute approximate surface area is 249 Å². The summed E-state index contributed by atoms with van der Waals surface area (Å²) in [7, 11) is 1.49. The van der Waals surface area contributed by atoms with Crippen molar-refractivity contribution in [3.05, 3.63) is 63.6 Å². The second-order valence-electron chi connectivity index (χ2n) is 9.58. The summed E-state index contributed by atoms with van der Waals surface area (Å²) >= 11 is 12.3. The summed E-state index contributed by atoms with van der Waals surface area (Å²) in [6, 6.07) is 10.6. The molecule has 0 aliphatic carbocycles. The van der Waals surface area contributed by atoms with E-state index in [9.17, 15) is 24.3 Å². The van der Waals surface area contributed by atoms with E-state index in [0.29, 0.717) is 22.9 Å². The van der Waals surface area contributed by atoms with E-state index in [0.717, 1.165) is 11.1 Å². The molecule has 41 heavy (non-hydrogen) atoms. The van der Waals surface area contributed by atoms with E-state index in [1.54, 1.807) is 49.4 Å². The standard InChI is InChI=1S/C29H35Cl2N3O7/c1-3-41-28(38)19-32(12-10-20-4-8-23(35)9-5-20)26(36)17-25-29(39)33(18-27(37)34(25)14-15-40-2)13-11-21-6-7-22(30)16-24(21)31/h4-9,16,25,35H,3,10-15,17-19H2,1-2H3. The van der Waals surface area contributed by atoms with Crippen LogP contribution in [0.5, 0.6) is 5.75 Å². The molecule has 2 aromatic rings. The molecule has 0 saturated carbocycles. The molecule has 3 amide bonds. The van der Waals surface area contributed by atoms with Crippen LogP contribution in [0.3, 0.4) is 0 Å². The fourth-order valence-electron chi connectivity index (χ4n) is 4.56. The number of esters is 1. The van der Waals surface area contributed by atoms with Crippen molar-refractivity contribution in [1.29, 1.82) is 0 Å². The van der Waals surface area contributed by atoms with Gasteiger partial charge >= 0.3 is 5.97 Å². The molecule has 3 rings (SSSR count). The molecule has 1 fully saturated rings. The van der Waals surface area contributed by atoms with Crippen LogP contribution in [0.2, 0.25) is 10.0 Å². The van der Waals surface area contributed by atoms with Gasteiger partial charge in [-0.1, -0.05) is 41.4 Å². The fourth-order valence-corrected chi connectivity index (χ4v) is 5.07. The lowest BCUT2D eigenvalue weighted by molar-refractivity contribution is -0.159. The molecule has 1 atom stereocenters. The summed E-state index contributed by atoms with van der Waals surface area (Å²) in [5.74, 6) is -1.59. The quantitative estimate of drug-likeness (QED) is 0.328. The predicted molar refractivity (Wildman–Crippen MR) is 154 cm³/mol. The lowest BCUT2D eigenvalue weighted by Gasteiger charge is -2.40. The maximum Gasteiger partial charge on any atom is 0.325 e. The highest BCUT2D eigenvalue weighted by Gasteiger charge is 2.41. The van der Waals surface area contributed by atoms with Gasteiger partial charge in [0.25, 0.3) is 0 Å². The average Bonchev–Trinajstić information content (AvgIpc) is 2.93. The second kappa shape index (κ2) is 15.6. The number of methoxy groups -OCH3 is 1. The molecular formula is C29H35Cl2N3O7. The Morgan fingerprint density at radius 3 is 2.46 bits per heavy atom. The number of benzene rings is 2. The number of hydrogen-bond donors (Lipinski definition) is 1. The van der Waals surface area contributed by atoms with Crippen molar-refractivity contribution in [2.45, 2.75) is 32.2 Å². The number of rotatable bonds is 14. The highest BCUT2D eigenvalue weighted by atomic mass is 35.5. The Balaban J connectivity index is 1.77. The van der Waals surface area contributed by atoms with E-state index in [2.05, 4.69) is 0 Å². The molecule has 0 spiro atoms. The molecule has 2 aromatic carbocycles. The first-order valence-electron chi connectivity index (χ1n) is 13.3. The number of halogens is 2. The van der Waals surface area contributed by atoms with Crippen LogP contribution >= 0.6 is 23.2 Å². The van der Waals surface area contributed by atoms with Gasteiger partial charge in [0.2, 0.25) is 17.7 Å². The second-order valence-corrected chi connectivity index (χ2v) is 10.4. The van der Waals surface area contributed by atoms with E-state index in [1.807, 2.05) is 0 Å². The van der Waals surface area contributed by atoms with Crippen LogP contribution in [0.1, 0.15) is 24.5 Å². The number of carbonyl (C=O) groups excluding carboxylic acids is 4. The van der Waals surface area contributed by atoms with E-state index in [1.165, 1.54) is 21.8 Å². The summed E-state index contributed by atoms with van der Waals surface area (Å²) < 4.78 is 10.2. The van der Waals surface area contributed by atoms with Crippen LogP contribution in [-0.4, -0.2) is 103 Å². The van der Waals surface area contributed by atoms with Gasteiger partial charge in [-0.3, -0.25) is 19.2 Å². The first-order chi connectivity index (χ1) is 19.6. The van der Waals surface area contributed by atoms with Crippen molar-refractivity contribution >= 4 is 46.9 Å². The van der Waals surface area contributed by atoms with Crippen LogP contribution in [0.4, 0.5) is 0 Å². The van der Waals surface area contributed by atoms with Gasteiger partial charge in [0.05, 0.1) is 26.2 Å². The van der Waals surface area contributed by atoms with Crippen molar-refractivity contribution in [2.24, 2.45) is 0 Å². The van der Waals surface area contributed by atoms with Crippen molar-refractivity contribution in [1.82, 2.24) is 14.7 Å². The molecule has 0 aromatic heterocycles. The SMILES string of the molecule is CCOC(=O)CN(CCc1ccc(O)cc1)C(=O)CC1C(=O)N(CCc2ccc(Cl)cc2Cl)CC(=O)N1CCOC. The Morgan fingerprint density at radius 2 is 1.80 bits per heavy atom. The van der Waals surface area contributed by atoms with Crippen LogP contribution in [0.15, 0.2) is 42.5 Å². The van der Waals surface area contributed by atoms with Crippen LogP contribution in [0.25, 0.3) is 0 Å². The summed E-state index contributed by atoms with van der Waals surface area (Å²) in [5.41, 5.74) is 1.63. The molecule has 1 unspecified atom stereocenters. The zero-order chi connectivity index (χ0) is 29.9. The smallest absolute Gasteiger partial charge is 0.325 e. The minimum absolute atomic E-state index is 0.118. The zero-order valence-electron chi connectivity index (χ0n) is 23.2. The Morgan fingerprint density at radius 1 is 1.07 bits per heavy atom. The van der Waals surface area contributed by atoms with E-state index in [4.69, 9.17) is 32.7 Å². The molecule has 1 aliphatic heterocycles. The Bertz CT molecular complexity index is 1230. The normalized spacial score (nSPS) is 15.3. The van der Waals surface area contributed by atoms with Crippen LogP contribution in [-0.2, 0) is 41.5 Å². The zero-order valence-corrected chi connectivity index (χ0v) is 24.7. The number of phenolic OH excluding ortho intramolecular Hbond substituents is 1. The molecule has 12 heteroatoms. The molecule has 0 radical (unpaired) electrons. The van der Waals surface area contributed by atoms with E-state index < -0.39 is 17.9 Å². The number of ether oxygens (including phenoxy) is 2. The lowest BCUT2D eigenvalue weighted by Crippen LogP contribution is -2.61. The van der Waals surface area contributed by atoms with Gasteiger partial charge in [0.15, 0.2) is 0 Å². The fraction of sp³-hybridized carbons (Fsp3) is 0.448. The highest BCUT2D eigenvalue weighted by molar-refractivity contribution is 6.35. The monoisotopic (exact) mass is 607 g/mol. The van der Waals surface area contributed by atoms with Crippen LogP contribution in [0, 0.1) is 0 Å². The number of piperazine rings is 1. The summed E-state index contributed by atoms with van der Waals surface area (Å²) in [6.45, 7) is 2.13. The first kappa shape index (κ1) is 32.2. The van der Waals surface area contributed by atoms with Crippen molar-refractivity contribution in [3.63, 3.8) is 0 Å². The molecule has 1 heterocycles. The third-order valence-electron chi connectivity index (χ3n) is 6.77. The van der Waals surface area contributed by atoms with Crippen LogP contribution < -0.4 is 0 Å². The van der Waals surface area contributed by atoms with Gasteiger partial charge in [-0.2, -0.15) is 0 Å². The maximum absolute atomic E-state index is 13.7. The number of aromatic hydroxyl groups is 1. The predicted octanol–water partition coefficient (Wildman–Crippen LogP) is 2.95. The third-order valence-corrected chi connectivity index (χ3v) is 7.36. The lowest BCUT2D eigenvalue weighted by atomic mass is 10.0. The van der Waals surface area contributed by atoms with Gasteiger partial charge in [-0.05, 0) is 55.2 Å². The summed E-state index contributed by atoms with van der Waals surface area (Å²) in [4.78, 5) is 56.8. The number of amides is 3. The molecular weight excluding hydrogens is 573 g/mol. The number of hydrogen-bond acceptors (Lipinski definition) is 7. The van der Waals surface area contributed by atoms with Gasteiger partial charge in [0, 0.05) is 36.8 Å². The molecule has 222 valence electrons. The van der Waals surface area contributed by atoms with Crippen molar-refractivity contribution in [2.75, 3.05) is 53.0 Å². The minimum atomic E-state index is -1.06. The van der Waals surface area contributed by atoms with E-state index >= 15 is 0 Å². The van der Waals surface area contributed by atoms with Gasteiger partial charge in [0.1, 0.15) is 18.3 Å². The van der Waals surface area contributed by atoms with Gasteiger partial charge in [-0.15, -0.1) is 0 Å².